The summed E-state index contributed by atoms with van der Waals surface area (Å²) >= 11 is 0. The third-order valence-corrected chi connectivity index (χ3v) is 2.27. The predicted octanol–water partition coefficient (Wildman–Crippen LogP) is 3.19. The zero-order valence-electron chi connectivity index (χ0n) is 9.79. The van der Waals surface area contributed by atoms with Crippen LogP contribution in [0.1, 0.15) is 31.9 Å². The molecule has 0 bridgehead atoms. The fraction of sp³-hybridized carbons (Fsp3) is 0.385. The largest absolute Gasteiger partial charge is 0.490 e. The molecule has 1 aromatic carbocycles. The van der Waals surface area contributed by atoms with Crippen molar-refractivity contribution in [3.63, 3.8) is 0 Å². The van der Waals surface area contributed by atoms with Crippen LogP contribution in [0.4, 0.5) is 4.39 Å². The van der Waals surface area contributed by atoms with Crippen LogP contribution in [0.15, 0.2) is 30.4 Å². The number of rotatable bonds is 5. The van der Waals surface area contributed by atoms with Crippen LogP contribution in [0.25, 0.3) is 0 Å². The Morgan fingerprint density at radius 3 is 2.75 bits per heavy atom. The molecule has 0 fully saturated rings. The second-order valence-corrected chi connectivity index (χ2v) is 4.03. The Kier molecular flexibility index (Phi) is 4.50. The minimum absolute atomic E-state index is 0.168. The summed E-state index contributed by atoms with van der Waals surface area (Å²) in [5, 5.41) is 0. The van der Waals surface area contributed by atoms with Gasteiger partial charge in [-0.05, 0) is 31.5 Å². The summed E-state index contributed by atoms with van der Waals surface area (Å²) in [5.74, 6) is -0.0952. The van der Waals surface area contributed by atoms with Gasteiger partial charge in [-0.1, -0.05) is 11.6 Å². The quantitative estimate of drug-likeness (QED) is 0.778. The van der Waals surface area contributed by atoms with Crippen molar-refractivity contribution in [1.82, 2.24) is 0 Å². The van der Waals surface area contributed by atoms with Gasteiger partial charge in [0.05, 0.1) is 6.61 Å². The van der Waals surface area contributed by atoms with Gasteiger partial charge in [0.25, 0.3) is 0 Å². The fourth-order valence-corrected chi connectivity index (χ4v) is 1.25. The molecular formula is C13H18FNO. The van der Waals surface area contributed by atoms with Gasteiger partial charge in [-0.25, -0.2) is 4.39 Å². The minimum Gasteiger partial charge on any atom is -0.490 e. The van der Waals surface area contributed by atoms with E-state index in [-0.39, 0.29) is 17.6 Å². The summed E-state index contributed by atoms with van der Waals surface area (Å²) in [6.45, 7) is 7.94. The van der Waals surface area contributed by atoms with Crippen LogP contribution >= 0.6 is 0 Å². The molecule has 0 aromatic heterocycles. The second-order valence-electron chi connectivity index (χ2n) is 4.03. The molecule has 0 aliphatic carbocycles. The normalized spacial score (nSPS) is 12.2. The van der Waals surface area contributed by atoms with E-state index in [1.54, 1.807) is 12.1 Å². The Labute approximate surface area is 95.9 Å². The highest BCUT2D eigenvalue weighted by Gasteiger charge is 2.06. The predicted molar refractivity (Wildman–Crippen MR) is 63.9 cm³/mol. The Morgan fingerprint density at radius 2 is 2.25 bits per heavy atom. The van der Waals surface area contributed by atoms with Crippen molar-refractivity contribution in [2.75, 3.05) is 6.61 Å². The summed E-state index contributed by atoms with van der Waals surface area (Å²) < 4.78 is 18.8. The first-order chi connectivity index (χ1) is 7.50. The second kappa shape index (κ2) is 5.66. The third-order valence-electron chi connectivity index (χ3n) is 2.27. The van der Waals surface area contributed by atoms with Crippen molar-refractivity contribution in [3.8, 4) is 5.75 Å². The summed E-state index contributed by atoms with van der Waals surface area (Å²) in [6, 6.07) is 4.65. The van der Waals surface area contributed by atoms with E-state index in [1.807, 2.05) is 13.8 Å². The molecule has 3 heteroatoms. The standard InChI is InChI=1S/C13H18FNO/c1-9(2)6-7-16-13-5-4-11(10(3)15)8-12(13)14/h4-5,8,10H,1,6-7,15H2,2-3H3. The SMILES string of the molecule is C=C(C)CCOc1ccc(C(C)N)cc1F. The van der Waals surface area contributed by atoms with Gasteiger partial charge < -0.3 is 10.5 Å². The zero-order chi connectivity index (χ0) is 12.1. The average Bonchev–Trinajstić information content (AvgIpc) is 2.19. The molecular weight excluding hydrogens is 205 g/mol. The molecule has 0 radical (unpaired) electrons. The third kappa shape index (κ3) is 3.66. The molecule has 16 heavy (non-hydrogen) atoms. The van der Waals surface area contributed by atoms with Gasteiger partial charge in [-0.3, -0.25) is 0 Å². The minimum atomic E-state index is -0.364. The molecule has 0 aliphatic rings. The summed E-state index contributed by atoms with van der Waals surface area (Å²) in [4.78, 5) is 0. The van der Waals surface area contributed by atoms with Gasteiger partial charge in [0.15, 0.2) is 11.6 Å². The Bertz CT molecular complexity index is 374. The van der Waals surface area contributed by atoms with Gasteiger partial charge in [-0.2, -0.15) is 0 Å². The molecule has 0 spiro atoms. The van der Waals surface area contributed by atoms with E-state index < -0.39 is 0 Å². The molecule has 0 amide bonds. The number of hydrogen-bond donors (Lipinski definition) is 1. The Hall–Kier alpha value is -1.35. The van der Waals surface area contributed by atoms with Crippen LogP contribution in [-0.2, 0) is 0 Å². The van der Waals surface area contributed by atoms with E-state index >= 15 is 0 Å². The van der Waals surface area contributed by atoms with Crippen LogP contribution in [0.5, 0.6) is 5.75 Å². The Morgan fingerprint density at radius 1 is 1.56 bits per heavy atom. The van der Waals surface area contributed by atoms with E-state index in [0.717, 1.165) is 17.6 Å². The summed E-state index contributed by atoms with van der Waals surface area (Å²) in [5.41, 5.74) is 7.44. The van der Waals surface area contributed by atoms with Crippen LogP contribution in [0, 0.1) is 5.82 Å². The topological polar surface area (TPSA) is 35.2 Å². The molecule has 1 atom stereocenters. The van der Waals surface area contributed by atoms with Crippen molar-refractivity contribution in [2.45, 2.75) is 26.3 Å². The smallest absolute Gasteiger partial charge is 0.165 e. The average molecular weight is 223 g/mol. The molecule has 0 saturated carbocycles. The summed E-state index contributed by atoms with van der Waals surface area (Å²) in [6.07, 6.45) is 0.731. The lowest BCUT2D eigenvalue weighted by molar-refractivity contribution is 0.305. The van der Waals surface area contributed by atoms with Crippen LogP contribution in [0.3, 0.4) is 0 Å². The number of ether oxygens (including phenoxy) is 1. The maximum absolute atomic E-state index is 13.5. The van der Waals surface area contributed by atoms with E-state index in [4.69, 9.17) is 10.5 Å². The molecule has 2 nitrogen and oxygen atoms in total. The van der Waals surface area contributed by atoms with Gasteiger partial charge in [0.2, 0.25) is 0 Å². The molecule has 1 aromatic rings. The van der Waals surface area contributed by atoms with Gasteiger partial charge in [0.1, 0.15) is 0 Å². The van der Waals surface area contributed by atoms with E-state index in [0.29, 0.717) is 6.61 Å². The first-order valence-electron chi connectivity index (χ1n) is 5.33. The first-order valence-corrected chi connectivity index (χ1v) is 5.33. The van der Waals surface area contributed by atoms with Crippen LogP contribution in [-0.4, -0.2) is 6.61 Å². The van der Waals surface area contributed by atoms with Gasteiger partial charge >= 0.3 is 0 Å². The molecule has 2 N–H and O–H groups in total. The highest BCUT2D eigenvalue weighted by Crippen LogP contribution is 2.21. The van der Waals surface area contributed by atoms with Crippen LogP contribution < -0.4 is 10.5 Å². The monoisotopic (exact) mass is 223 g/mol. The molecule has 88 valence electrons. The zero-order valence-corrected chi connectivity index (χ0v) is 9.79. The van der Waals surface area contributed by atoms with Crippen molar-refractivity contribution in [1.29, 1.82) is 0 Å². The van der Waals surface area contributed by atoms with Crippen LogP contribution in [0.2, 0.25) is 0 Å². The first kappa shape index (κ1) is 12.7. The number of halogens is 1. The van der Waals surface area contributed by atoms with Crippen molar-refractivity contribution in [2.24, 2.45) is 5.73 Å². The lowest BCUT2D eigenvalue weighted by Gasteiger charge is -2.10. The van der Waals surface area contributed by atoms with E-state index in [2.05, 4.69) is 6.58 Å². The Balaban J connectivity index is 2.64. The van der Waals surface area contributed by atoms with E-state index in [9.17, 15) is 4.39 Å². The number of hydrogen-bond acceptors (Lipinski definition) is 2. The highest BCUT2D eigenvalue weighted by atomic mass is 19.1. The van der Waals surface area contributed by atoms with Gasteiger partial charge in [-0.15, -0.1) is 6.58 Å². The van der Waals surface area contributed by atoms with E-state index in [1.165, 1.54) is 6.07 Å². The number of benzene rings is 1. The lowest BCUT2D eigenvalue weighted by Crippen LogP contribution is -2.06. The molecule has 0 heterocycles. The molecule has 1 unspecified atom stereocenters. The highest BCUT2D eigenvalue weighted by molar-refractivity contribution is 5.30. The van der Waals surface area contributed by atoms with Crippen molar-refractivity contribution >= 4 is 0 Å². The number of nitrogens with two attached hydrogens (primary N) is 1. The van der Waals surface area contributed by atoms with Crippen molar-refractivity contribution in [3.05, 3.63) is 41.7 Å². The lowest BCUT2D eigenvalue weighted by atomic mass is 10.1. The maximum atomic E-state index is 13.5. The maximum Gasteiger partial charge on any atom is 0.165 e. The summed E-state index contributed by atoms with van der Waals surface area (Å²) in [7, 11) is 0. The molecule has 1 rings (SSSR count). The fourth-order valence-electron chi connectivity index (χ4n) is 1.25. The molecule has 0 saturated heterocycles. The van der Waals surface area contributed by atoms with Gasteiger partial charge in [0, 0.05) is 12.5 Å². The van der Waals surface area contributed by atoms with Crippen molar-refractivity contribution < 1.29 is 9.13 Å². The molecule has 0 aliphatic heterocycles.